The molecule has 0 aliphatic rings. The first-order valence-corrected chi connectivity index (χ1v) is 8.29. The van der Waals surface area contributed by atoms with Gasteiger partial charge in [0.05, 0.1) is 23.0 Å². The molecule has 24 heavy (non-hydrogen) atoms. The van der Waals surface area contributed by atoms with Gasteiger partial charge in [0.15, 0.2) is 0 Å². The molecule has 0 aliphatic heterocycles. The van der Waals surface area contributed by atoms with Crippen molar-refractivity contribution >= 4 is 5.91 Å². The number of hydrogen-bond donors (Lipinski definition) is 1. The van der Waals surface area contributed by atoms with Gasteiger partial charge in [-0.2, -0.15) is 5.10 Å². The average molecular weight is 329 g/mol. The van der Waals surface area contributed by atoms with Crippen LogP contribution in [0.2, 0.25) is 0 Å². The van der Waals surface area contributed by atoms with Crippen LogP contribution >= 0.6 is 0 Å². The van der Waals surface area contributed by atoms with E-state index in [1.165, 1.54) is 0 Å². The fourth-order valence-electron chi connectivity index (χ4n) is 2.49. The van der Waals surface area contributed by atoms with E-state index in [4.69, 9.17) is 0 Å². The molecule has 0 spiro atoms. The summed E-state index contributed by atoms with van der Waals surface area (Å²) < 4.78 is 1.76. The number of rotatable bonds is 5. The first-order chi connectivity index (χ1) is 11.2. The zero-order valence-corrected chi connectivity index (χ0v) is 15.2. The van der Waals surface area contributed by atoms with Gasteiger partial charge in [-0.1, -0.05) is 39.0 Å². The highest BCUT2D eigenvalue weighted by Crippen LogP contribution is 2.26. The molecule has 1 aromatic heterocycles. The lowest BCUT2D eigenvalue weighted by atomic mass is 9.89. The van der Waals surface area contributed by atoms with E-state index in [0.717, 1.165) is 11.4 Å². The minimum absolute atomic E-state index is 0.0669. The maximum atomic E-state index is 12.9. The average Bonchev–Trinajstić information content (AvgIpc) is 2.98. The van der Waals surface area contributed by atoms with Gasteiger partial charge in [0.1, 0.15) is 0 Å². The van der Waals surface area contributed by atoms with Crippen LogP contribution in [-0.4, -0.2) is 45.4 Å². The summed E-state index contributed by atoms with van der Waals surface area (Å²) >= 11 is 0. The number of carbonyl (C=O) groups is 1. The van der Waals surface area contributed by atoms with Crippen LogP contribution in [0.5, 0.6) is 0 Å². The van der Waals surface area contributed by atoms with Crippen LogP contribution in [0.3, 0.4) is 0 Å². The van der Waals surface area contributed by atoms with Crippen LogP contribution in [-0.2, 0) is 5.41 Å². The molecule has 1 unspecified atom stereocenters. The van der Waals surface area contributed by atoms with E-state index >= 15 is 0 Å². The Morgan fingerprint density at radius 3 is 2.46 bits per heavy atom. The van der Waals surface area contributed by atoms with Crippen molar-refractivity contribution < 1.29 is 9.90 Å². The Labute approximate surface area is 143 Å². The minimum Gasteiger partial charge on any atom is -0.393 e. The molecule has 1 atom stereocenters. The van der Waals surface area contributed by atoms with Gasteiger partial charge in [0.2, 0.25) is 0 Å². The number of hydrogen-bond acceptors (Lipinski definition) is 3. The van der Waals surface area contributed by atoms with Gasteiger partial charge in [0.25, 0.3) is 5.91 Å². The Bertz CT molecular complexity index is 684. The fourth-order valence-corrected chi connectivity index (χ4v) is 2.49. The van der Waals surface area contributed by atoms with E-state index in [1.807, 2.05) is 30.3 Å². The van der Waals surface area contributed by atoms with Gasteiger partial charge in [0, 0.05) is 25.2 Å². The van der Waals surface area contributed by atoms with E-state index in [2.05, 4.69) is 25.9 Å². The third-order valence-electron chi connectivity index (χ3n) is 3.90. The van der Waals surface area contributed by atoms with Gasteiger partial charge in [-0.25, -0.2) is 4.68 Å². The zero-order chi connectivity index (χ0) is 17.9. The first kappa shape index (κ1) is 18.2. The number of amides is 1. The van der Waals surface area contributed by atoms with Gasteiger partial charge >= 0.3 is 0 Å². The van der Waals surface area contributed by atoms with Crippen LogP contribution in [0.1, 0.15) is 50.2 Å². The second-order valence-electron chi connectivity index (χ2n) is 7.29. The van der Waals surface area contributed by atoms with Crippen molar-refractivity contribution in [3.8, 4) is 5.69 Å². The van der Waals surface area contributed by atoms with Crippen LogP contribution in [0.25, 0.3) is 5.69 Å². The van der Waals surface area contributed by atoms with Crippen molar-refractivity contribution in [3.05, 3.63) is 47.8 Å². The maximum absolute atomic E-state index is 12.9. The summed E-state index contributed by atoms with van der Waals surface area (Å²) in [6.45, 7) is 8.40. The summed E-state index contributed by atoms with van der Waals surface area (Å²) in [6, 6.07) is 9.78. The molecule has 0 saturated heterocycles. The number of aliphatic hydroxyl groups is 1. The summed E-state index contributed by atoms with van der Waals surface area (Å²) in [6.07, 6.45) is 1.94. The Morgan fingerprint density at radius 2 is 1.92 bits per heavy atom. The summed E-state index contributed by atoms with van der Waals surface area (Å²) in [5.41, 5.74) is 2.07. The molecule has 5 nitrogen and oxygen atoms in total. The van der Waals surface area contributed by atoms with E-state index in [-0.39, 0.29) is 11.3 Å². The Morgan fingerprint density at radius 1 is 1.29 bits per heavy atom. The van der Waals surface area contributed by atoms with Crippen LogP contribution in [0, 0.1) is 0 Å². The smallest absolute Gasteiger partial charge is 0.257 e. The summed E-state index contributed by atoms with van der Waals surface area (Å²) in [5.74, 6) is -0.0669. The number of nitrogens with zero attached hydrogens (tertiary/aromatic N) is 3. The van der Waals surface area contributed by atoms with E-state index in [0.29, 0.717) is 18.5 Å². The zero-order valence-electron chi connectivity index (χ0n) is 15.2. The Hall–Kier alpha value is -2.14. The van der Waals surface area contributed by atoms with E-state index in [9.17, 15) is 9.90 Å². The van der Waals surface area contributed by atoms with Crippen LogP contribution in [0.15, 0.2) is 36.5 Å². The summed E-state index contributed by atoms with van der Waals surface area (Å²) in [7, 11) is 1.76. The molecular weight excluding hydrogens is 302 g/mol. The van der Waals surface area contributed by atoms with Gasteiger partial charge in [-0.05, 0) is 25.5 Å². The molecule has 1 aromatic carbocycles. The van der Waals surface area contributed by atoms with Gasteiger partial charge in [-0.15, -0.1) is 0 Å². The maximum Gasteiger partial charge on any atom is 0.257 e. The monoisotopic (exact) mass is 329 g/mol. The van der Waals surface area contributed by atoms with E-state index in [1.54, 1.807) is 29.7 Å². The molecule has 1 N–H and O–H groups in total. The van der Waals surface area contributed by atoms with Crippen LogP contribution in [0.4, 0.5) is 0 Å². The predicted molar refractivity (Wildman–Crippen MR) is 95.5 cm³/mol. The normalized spacial score (nSPS) is 12.9. The van der Waals surface area contributed by atoms with Gasteiger partial charge < -0.3 is 10.0 Å². The standard InChI is InChI=1S/C19H27N3O2/c1-14(23)11-12-21(5)18(24)16-13-22(15-9-7-6-8-10-15)20-17(16)19(2,3)4/h6-10,13-14,23H,11-12H2,1-5H3. The van der Waals surface area contributed by atoms with Crippen molar-refractivity contribution in [1.29, 1.82) is 0 Å². The highest BCUT2D eigenvalue weighted by molar-refractivity contribution is 5.95. The second kappa shape index (κ2) is 7.18. The molecule has 0 saturated carbocycles. The summed E-state index contributed by atoms with van der Waals surface area (Å²) in [5, 5.41) is 14.1. The molecule has 2 rings (SSSR count). The first-order valence-electron chi connectivity index (χ1n) is 8.29. The number of carbonyl (C=O) groups excluding carboxylic acids is 1. The highest BCUT2D eigenvalue weighted by atomic mass is 16.3. The molecular formula is C19H27N3O2. The molecule has 1 heterocycles. The molecule has 0 aliphatic carbocycles. The third kappa shape index (κ3) is 4.23. The lowest BCUT2D eigenvalue weighted by molar-refractivity contribution is 0.0766. The van der Waals surface area contributed by atoms with Crippen molar-refractivity contribution in [3.63, 3.8) is 0 Å². The highest BCUT2D eigenvalue weighted by Gasteiger charge is 2.28. The Balaban J connectivity index is 2.37. The number of para-hydroxylation sites is 1. The minimum atomic E-state index is -0.422. The molecule has 0 radical (unpaired) electrons. The van der Waals surface area contributed by atoms with E-state index < -0.39 is 6.10 Å². The topological polar surface area (TPSA) is 58.4 Å². The van der Waals surface area contributed by atoms with Gasteiger partial charge in [-0.3, -0.25) is 4.79 Å². The quantitative estimate of drug-likeness (QED) is 0.917. The third-order valence-corrected chi connectivity index (χ3v) is 3.90. The van der Waals surface area contributed by atoms with Crippen molar-refractivity contribution in [1.82, 2.24) is 14.7 Å². The lowest BCUT2D eigenvalue weighted by Gasteiger charge is -2.21. The Kier molecular flexibility index (Phi) is 5.44. The van der Waals surface area contributed by atoms with Crippen molar-refractivity contribution in [2.75, 3.05) is 13.6 Å². The summed E-state index contributed by atoms with van der Waals surface area (Å²) in [4.78, 5) is 14.5. The number of aliphatic hydroxyl groups excluding tert-OH is 1. The number of benzene rings is 1. The molecule has 130 valence electrons. The van der Waals surface area contributed by atoms with Crippen molar-refractivity contribution in [2.24, 2.45) is 0 Å². The molecule has 0 bridgehead atoms. The molecule has 0 fully saturated rings. The van der Waals surface area contributed by atoms with Crippen molar-refractivity contribution in [2.45, 2.75) is 45.6 Å². The number of aromatic nitrogens is 2. The second-order valence-corrected chi connectivity index (χ2v) is 7.29. The SMILES string of the molecule is CC(O)CCN(C)C(=O)c1cn(-c2ccccc2)nc1C(C)(C)C. The molecule has 5 heteroatoms. The van der Waals surface area contributed by atoms with Crippen LogP contribution < -0.4 is 0 Å². The fraction of sp³-hybridized carbons (Fsp3) is 0.474. The lowest BCUT2D eigenvalue weighted by Crippen LogP contribution is -2.31. The largest absolute Gasteiger partial charge is 0.393 e. The molecule has 1 amide bonds. The predicted octanol–water partition coefficient (Wildman–Crippen LogP) is 3.01. The molecule has 2 aromatic rings.